The van der Waals surface area contributed by atoms with E-state index in [1.54, 1.807) is 13.0 Å². The average molecular weight is 281 g/mol. The number of nitrogens with one attached hydrogen (secondary N) is 1. The number of aromatic nitrogens is 1. The first-order valence-electron chi connectivity index (χ1n) is 6.11. The van der Waals surface area contributed by atoms with Gasteiger partial charge in [0.05, 0.1) is 6.04 Å². The Hall–Kier alpha value is -2.08. The van der Waals surface area contributed by atoms with Gasteiger partial charge in [0.1, 0.15) is 17.5 Å². The Morgan fingerprint density at radius 1 is 1.25 bits per heavy atom. The van der Waals surface area contributed by atoms with Crippen LogP contribution in [0.1, 0.15) is 24.1 Å². The summed E-state index contributed by atoms with van der Waals surface area (Å²) in [6.45, 7) is 2.24. The van der Waals surface area contributed by atoms with E-state index in [0.29, 0.717) is 29.9 Å². The van der Waals surface area contributed by atoms with Gasteiger partial charge in [-0.3, -0.25) is 4.98 Å². The minimum Gasteiger partial charge on any atom is -0.398 e. The molecule has 0 aliphatic rings. The number of hydrogen-bond donors (Lipinski definition) is 2. The number of rotatable bonds is 4. The van der Waals surface area contributed by atoms with Crippen molar-refractivity contribution in [1.29, 1.82) is 0 Å². The van der Waals surface area contributed by atoms with Gasteiger partial charge in [-0.05, 0) is 12.6 Å². The van der Waals surface area contributed by atoms with Crippen molar-refractivity contribution in [2.24, 2.45) is 0 Å². The summed E-state index contributed by atoms with van der Waals surface area (Å²) in [6, 6.07) is 2.01. The number of nitrogens with two attached hydrogens (primary N) is 1. The maximum atomic E-state index is 13.9. The van der Waals surface area contributed by atoms with Crippen LogP contribution in [0.15, 0.2) is 30.6 Å². The number of anilines is 1. The summed E-state index contributed by atoms with van der Waals surface area (Å²) in [5.41, 5.74) is 6.35. The Morgan fingerprint density at radius 2 is 1.90 bits per heavy atom. The second kappa shape index (κ2) is 5.92. The largest absolute Gasteiger partial charge is 0.398 e. The Morgan fingerprint density at radius 3 is 2.45 bits per heavy atom. The molecule has 0 spiro atoms. The quantitative estimate of drug-likeness (QED) is 0.906. The molecule has 3 N–H and O–H groups in total. The van der Waals surface area contributed by atoms with Crippen molar-refractivity contribution in [2.45, 2.75) is 13.0 Å². The molecular formula is C14H14F3N3. The van der Waals surface area contributed by atoms with Crippen LogP contribution in [0.3, 0.4) is 0 Å². The highest BCUT2D eigenvalue weighted by molar-refractivity contribution is 5.50. The minimum atomic E-state index is -0.961. The Balaban J connectivity index is 2.58. The summed E-state index contributed by atoms with van der Waals surface area (Å²) >= 11 is 0. The van der Waals surface area contributed by atoms with Crippen molar-refractivity contribution in [3.63, 3.8) is 0 Å². The SMILES string of the molecule is CCNC(c1cnccc1N)c1c(F)cc(F)cc1F. The van der Waals surface area contributed by atoms with E-state index in [9.17, 15) is 13.2 Å². The van der Waals surface area contributed by atoms with Crippen LogP contribution in [-0.2, 0) is 0 Å². The molecule has 20 heavy (non-hydrogen) atoms. The highest BCUT2D eigenvalue weighted by atomic mass is 19.1. The molecule has 2 rings (SSSR count). The van der Waals surface area contributed by atoms with Crippen LogP contribution in [0.4, 0.5) is 18.9 Å². The number of hydrogen-bond acceptors (Lipinski definition) is 3. The average Bonchev–Trinajstić information content (AvgIpc) is 2.37. The maximum absolute atomic E-state index is 13.9. The molecule has 6 heteroatoms. The van der Waals surface area contributed by atoms with Gasteiger partial charge in [-0.15, -0.1) is 0 Å². The first-order chi connectivity index (χ1) is 9.54. The third kappa shape index (κ3) is 2.75. The number of pyridine rings is 1. The molecule has 0 saturated carbocycles. The fourth-order valence-corrected chi connectivity index (χ4v) is 2.06. The van der Waals surface area contributed by atoms with E-state index in [0.717, 1.165) is 0 Å². The fourth-order valence-electron chi connectivity index (χ4n) is 2.06. The lowest BCUT2D eigenvalue weighted by Gasteiger charge is -2.21. The Bertz CT molecular complexity index is 593. The van der Waals surface area contributed by atoms with Gasteiger partial charge >= 0.3 is 0 Å². The van der Waals surface area contributed by atoms with Gasteiger partial charge in [0, 0.05) is 41.3 Å². The number of halogens is 3. The van der Waals surface area contributed by atoms with Crippen molar-refractivity contribution < 1.29 is 13.2 Å². The van der Waals surface area contributed by atoms with Gasteiger partial charge in [0.25, 0.3) is 0 Å². The van der Waals surface area contributed by atoms with Gasteiger partial charge in [-0.1, -0.05) is 6.92 Å². The van der Waals surface area contributed by atoms with Crippen molar-refractivity contribution in [3.8, 4) is 0 Å². The zero-order chi connectivity index (χ0) is 14.7. The summed E-state index contributed by atoms with van der Waals surface area (Å²) in [6.07, 6.45) is 2.92. The van der Waals surface area contributed by atoms with Crippen molar-refractivity contribution in [1.82, 2.24) is 10.3 Å². The second-order valence-electron chi connectivity index (χ2n) is 4.28. The summed E-state index contributed by atoms with van der Waals surface area (Å²) in [5, 5.41) is 2.93. The lowest BCUT2D eigenvalue weighted by molar-refractivity contribution is 0.492. The molecule has 1 aromatic heterocycles. The van der Waals surface area contributed by atoms with Gasteiger partial charge in [-0.2, -0.15) is 0 Å². The Labute approximate surface area is 114 Å². The summed E-state index contributed by atoms with van der Waals surface area (Å²) in [4.78, 5) is 3.91. The van der Waals surface area contributed by atoms with Crippen LogP contribution in [0.25, 0.3) is 0 Å². The molecule has 1 heterocycles. The van der Waals surface area contributed by atoms with Crippen LogP contribution in [0, 0.1) is 17.5 Å². The van der Waals surface area contributed by atoms with Crippen molar-refractivity contribution >= 4 is 5.69 Å². The third-order valence-corrected chi connectivity index (χ3v) is 2.94. The smallest absolute Gasteiger partial charge is 0.134 e. The monoisotopic (exact) mass is 281 g/mol. The van der Waals surface area contributed by atoms with E-state index in [1.807, 2.05) is 0 Å². The van der Waals surface area contributed by atoms with Gasteiger partial charge < -0.3 is 11.1 Å². The van der Waals surface area contributed by atoms with E-state index in [4.69, 9.17) is 5.73 Å². The van der Waals surface area contributed by atoms with Crippen LogP contribution < -0.4 is 11.1 Å². The predicted molar refractivity (Wildman–Crippen MR) is 70.5 cm³/mol. The fraction of sp³-hybridized carbons (Fsp3) is 0.214. The molecule has 0 aliphatic carbocycles. The van der Waals surface area contributed by atoms with Gasteiger partial charge in [-0.25, -0.2) is 13.2 Å². The topological polar surface area (TPSA) is 50.9 Å². The van der Waals surface area contributed by atoms with E-state index in [2.05, 4.69) is 10.3 Å². The highest BCUT2D eigenvalue weighted by Gasteiger charge is 2.24. The lowest BCUT2D eigenvalue weighted by Crippen LogP contribution is -2.25. The predicted octanol–water partition coefficient (Wildman–Crippen LogP) is 2.78. The molecule has 1 unspecified atom stereocenters. The second-order valence-corrected chi connectivity index (χ2v) is 4.28. The summed E-state index contributed by atoms with van der Waals surface area (Å²) in [5.74, 6) is -2.88. The number of benzene rings is 1. The maximum Gasteiger partial charge on any atom is 0.134 e. The molecule has 0 fully saturated rings. The third-order valence-electron chi connectivity index (χ3n) is 2.94. The first kappa shape index (κ1) is 14.3. The van der Waals surface area contributed by atoms with E-state index in [1.165, 1.54) is 12.4 Å². The molecule has 0 saturated heterocycles. The molecule has 106 valence electrons. The first-order valence-corrected chi connectivity index (χ1v) is 6.11. The van der Waals surface area contributed by atoms with E-state index >= 15 is 0 Å². The van der Waals surface area contributed by atoms with E-state index < -0.39 is 23.5 Å². The Kier molecular flexibility index (Phi) is 4.24. The molecule has 3 nitrogen and oxygen atoms in total. The minimum absolute atomic E-state index is 0.270. The molecule has 1 atom stereocenters. The van der Waals surface area contributed by atoms with Crippen LogP contribution >= 0.6 is 0 Å². The molecule has 0 aliphatic heterocycles. The van der Waals surface area contributed by atoms with Crippen molar-refractivity contribution in [2.75, 3.05) is 12.3 Å². The normalized spacial score (nSPS) is 12.4. The number of nitrogen functional groups attached to an aromatic ring is 1. The van der Waals surface area contributed by atoms with Crippen LogP contribution in [0.2, 0.25) is 0 Å². The molecule has 0 bridgehead atoms. The van der Waals surface area contributed by atoms with Gasteiger partial charge in [0.2, 0.25) is 0 Å². The lowest BCUT2D eigenvalue weighted by atomic mass is 9.97. The van der Waals surface area contributed by atoms with Crippen LogP contribution in [-0.4, -0.2) is 11.5 Å². The summed E-state index contributed by atoms with van der Waals surface area (Å²) < 4.78 is 40.8. The molecule has 2 aromatic rings. The molecule has 0 radical (unpaired) electrons. The van der Waals surface area contributed by atoms with Crippen molar-refractivity contribution in [3.05, 3.63) is 59.2 Å². The zero-order valence-corrected chi connectivity index (χ0v) is 10.8. The van der Waals surface area contributed by atoms with Gasteiger partial charge in [0.15, 0.2) is 0 Å². The highest BCUT2D eigenvalue weighted by Crippen LogP contribution is 2.30. The standard InChI is InChI=1S/C14H14F3N3/c1-2-20-14(9-7-19-4-3-12(9)18)13-10(16)5-8(15)6-11(13)17/h3-7,14,20H,2H2,1H3,(H2,18,19). The summed E-state index contributed by atoms with van der Waals surface area (Å²) in [7, 11) is 0. The van der Waals surface area contributed by atoms with E-state index in [-0.39, 0.29) is 5.56 Å². The number of nitrogens with zero attached hydrogens (tertiary/aromatic N) is 1. The van der Waals surface area contributed by atoms with Crippen LogP contribution in [0.5, 0.6) is 0 Å². The molecule has 1 aromatic carbocycles. The zero-order valence-electron chi connectivity index (χ0n) is 10.8. The molecular weight excluding hydrogens is 267 g/mol. The molecule has 0 amide bonds.